The van der Waals surface area contributed by atoms with Gasteiger partial charge in [0.2, 0.25) is 0 Å². The Bertz CT molecular complexity index is 509. The quantitative estimate of drug-likeness (QED) is 0.668. The van der Waals surface area contributed by atoms with Crippen molar-refractivity contribution in [3.05, 3.63) is 23.5 Å². The standard InChI is InChI=1S/C15H21FN2O2/c1-9-5-4-6-10(2)18(9)14-7-11(15(19)20-3)13(17)8-12(14)16/h7-10H,4-6,17H2,1-3H3. The zero-order valence-electron chi connectivity index (χ0n) is 12.1. The number of piperidine rings is 1. The summed E-state index contributed by atoms with van der Waals surface area (Å²) in [5.41, 5.74) is 6.46. The molecule has 0 amide bonds. The third-order valence-corrected chi connectivity index (χ3v) is 4.00. The number of anilines is 2. The highest BCUT2D eigenvalue weighted by Crippen LogP contribution is 2.33. The van der Waals surface area contributed by atoms with Gasteiger partial charge >= 0.3 is 5.97 Å². The fraction of sp³-hybridized carbons (Fsp3) is 0.533. The van der Waals surface area contributed by atoms with Crippen LogP contribution in [0.5, 0.6) is 0 Å². The topological polar surface area (TPSA) is 55.6 Å². The first-order valence-electron chi connectivity index (χ1n) is 6.91. The normalized spacial score (nSPS) is 22.7. The van der Waals surface area contributed by atoms with Gasteiger partial charge in [-0.25, -0.2) is 9.18 Å². The molecule has 0 aromatic heterocycles. The summed E-state index contributed by atoms with van der Waals surface area (Å²) >= 11 is 0. The van der Waals surface area contributed by atoms with Crippen LogP contribution in [0.25, 0.3) is 0 Å². The van der Waals surface area contributed by atoms with E-state index >= 15 is 0 Å². The van der Waals surface area contributed by atoms with Gasteiger partial charge in [-0.3, -0.25) is 0 Å². The molecule has 1 aliphatic heterocycles. The summed E-state index contributed by atoms with van der Waals surface area (Å²) in [7, 11) is 1.29. The van der Waals surface area contributed by atoms with Gasteiger partial charge < -0.3 is 15.4 Å². The van der Waals surface area contributed by atoms with Gasteiger partial charge in [0.15, 0.2) is 0 Å². The molecular formula is C15H21FN2O2. The number of carbonyl (C=O) groups excluding carboxylic acids is 1. The second kappa shape index (κ2) is 5.69. The largest absolute Gasteiger partial charge is 0.465 e. The summed E-state index contributed by atoms with van der Waals surface area (Å²) in [5, 5.41) is 0. The fourth-order valence-corrected chi connectivity index (χ4v) is 2.96. The van der Waals surface area contributed by atoms with Crippen LogP contribution in [-0.4, -0.2) is 25.2 Å². The number of carbonyl (C=O) groups is 1. The molecule has 0 bridgehead atoms. The van der Waals surface area contributed by atoms with Crippen LogP contribution in [0.2, 0.25) is 0 Å². The summed E-state index contributed by atoms with van der Waals surface area (Å²) in [6.45, 7) is 4.15. The van der Waals surface area contributed by atoms with E-state index in [-0.39, 0.29) is 23.3 Å². The minimum Gasteiger partial charge on any atom is -0.465 e. The number of nitrogens with two attached hydrogens (primary N) is 1. The molecule has 1 saturated heterocycles. The molecular weight excluding hydrogens is 259 g/mol. The van der Waals surface area contributed by atoms with Gasteiger partial charge in [0.05, 0.1) is 18.4 Å². The lowest BCUT2D eigenvalue weighted by atomic mass is 9.96. The monoisotopic (exact) mass is 280 g/mol. The summed E-state index contributed by atoms with van der Waals surface area (Å²) < 4.78 is 18.9. The lowest BCUT2D eigenvalue weighted by Crippen LogP contribution is -2.44. The minimum absolute atomic E-state index is 0.107. The highest BCUT2D eigenvalue weighted by Gasteiger charge is 2.28. The predicted octanol–water partition coefficient (Wildman–Crippen LogP) is 2.96. The van der Waals surface area contributed by atoms with Gasteiger partial charge in [0.25, 0.3) is 0 Å². The van der Waals surface area contributed by atoms with Crippen molar-refractivity contribution in [1.82, 2.24) is 0 Å². The number of hydrogen-bond donors (Lipinski definition) is 1. The van der Waals surface area contributed by atoms with Gasteiger partial charge in [0.1, 0.15) is 5.82 Å². The fourth-order valence-electron chi connectivity index (χ4n) is 2.96. The van der Waals surface area contributed by atoms with Crippen LogP contribution < -0.4 is 10.6 Å². The van der Waals surface area contributed by atoms with E-state index in [1.165, 1.54) is 19.2 Å². The first kappa shape index (κ1) is 14.6. The molecule has 1 aromatic carbocycles. The summed E-state index contributed by atoms with van der Waals surface area (Å²) in [6, 6.07) is 3.19. The number of rotatable bonds is 2. The predicted molar refractivity (Wildman–Crippen MR) is 77.4 cm³/mol. The van der Waals surface area contributed by atoms with Gasteiger partial charge in [-0.15, -0.1) is 0 Å². The molecule has 0 saturated carbocycles. The van der Waals surface area contributed by atoms with Crippen molar-refractivity contribution < 1.29 is 13.9 Å². The molecule has 0 aliphatic carbocycles. The Morgan fingerprint density at radius 2 is 1.95 bits per heavy atom. The maximum Gasteiger partial charge on any atom is 0.340 e. The molecule has 1 fully saturated rings. The van der Waals surface area contributed by atoms with E-state index in [2.05, 4.69) is 13.8 Å². The Morgan fingerprint density at radius 3 is 2.50 bits per heavy atom. The van der Waals surface area contributed by atoms with Crippen molar-refractivity contribution in [2.45, 2.75) is 45.2 Å². The Labute approximate surface area is 118 Å². The molecule has 1 heterocycles. The maximum atomic E-state index is 14.3. The molecule has 2 unspecified atom stereocenters. The Morgan fingerprint density at radius 1 is 1.35 bits per heavy atom. The summed E-state index contributed by atoms with van der Waals surface area (Å²) in [6.07, 6.45) is 3.17. The number of methoxy groups -OCH3 is 1. The number of nitrogens with zero attached hydrogens (tertiary/aromatic N) is 1. The SMILES string of the molecule is COC(=O)c1cc(N2C(C)CCCC2C)c(F)cc1N. The molecule has 5 heteroatoms. The van der Waals surface area contributed by atoms with Gasteiger partial charge in [-0.05, 0) is 45.2 Å². The van der Waals surface area contributed by atoms with Crippen molar-refractivity contribution in [1.29, 1.82) is 0 Å². The third kappa shape index (κ3) is 2.57. The second-order valence-corrected chi connectivity index (χ2v) is 5.42. The van der Waals surface area contributed by atoms with Crippen LogP contribution in [0.4, 0.5) is 15.8 Å². The third-order valence-electron chi connectivity index (χ3n) is 4.00. The van der Waals surface area contributed by atoms with Crippen LogP contribution in [0.3, 0.4) is 0 Å². The van der Waals surface area contributed by atoms with Gasteiger partial charge in [-0.2, -0.15) is 0 Å². The van der Waals surface area contributed by atoms with E-state index in [0.29, 0.717) is 5.69 Å². The molecule has 0 radical (unpaired) electrons. The zero-order valence-corrected chi connectivity index (χ0v) is 12.1. The zero-order chi connectivity index (χ0) is 14.9. The molecule has 2 N–H and O–H groups in total. The van der Waals surface area contributed by atoms with Crippen LogP contribution >= 0.6 is 0 Å². The van der Waals surface area contributed by atoms with Gasteiger partial charge in [-0.1, -0.05) is 0 Å². The average molecular weight is 280 g/mol. The van der Waals surface area contributed by atoms with Crippen molar-refractivity contribution in [2.75, 3.05) is 17.7 Å². The number of ether oxygens (including phenoxy) is 1. The molecule has 0 spiro atoms. The van der Waals surface area contributed by atoms with Crippen LogP contribution in [0, 0.1) is 5.82 Å². The molecule has 20 heavy (non-hydrogen) atoms. The number of nitrogen functional groups attached to an aromatic ring is 1. The first-order chi connectivity index (χ1) is 9.45. The highest BCUT2D eigenvalue weighted by atomic mass is 19.1. The first-order valence-corrected chi connectivity index (χ1v) is 6.91. The number of esters is 1. The maximum absolute atomic E-state index is 14.3. The smallest absolute Gasteiger partial charge is 0.340 e. The van der Waals surface area contributed by atoms with Crippen LogP contribution in [-0.2, 0) is 4.74 Å². The molecule has 110 valence electrons. The highest BCUT2D eigenvalue weighted by molar-refractivity contribution is 5.96. The second-order valence-electron chi connectivity index (χ2n) is 5.42. The van der Waals surface area contributed by atoms with E-state index in [4.69, 9.17) is 10.5 Å². The molecule has 1 aromatic rings. The summed E-state index contributed by atoms with van der Waals surface area (Å²) in [4.78, 5) is 13.7. The molecule has 4 nitrogen and oxygen atoms in total. The minimum atomic E-state index is -0.541. The van der Waals surface area contributed by atoms with Crippen molar-refractivity contribution >= 4 is 17.3 Å². The van der Waals surface area contributed by atoms with Crippen molar-refractivity contribution in [3.8, 4) is 0 Å². The van der Waals surface area contributed by atoms with E-state index in [1.807, 2.05) is 4.90 Å². The van der Waals surface area contributed by atoms with E-state index in [1.54, 1.807) is 0 Å². The number of hydrogen-bond acceptors (Lipinski definition) is 4. The van der Waals surface area contributed by atoms with E-state index in [9.17, 15) is 9.18 Å². The lowest BCUT2D eigenvalue weighted by Gasteiger charge is -2.41. The summed E-state index contributed by atoms with van der Waals surface area (Å²) in [5.74, 6) is -0.934. The van der Waals surface area contributed by atoms with E-state index < -0.39 is 11.8 Å². The Kier molecular flexibility index (Phi) is 4.16. The number of benzene rings is 1. The van der Waals surface area contributed by atoms with Crippen molar-refractivity contribution in [3.63, 3.8) is 0 Å². The van der Waals surface area contributed by atoms with Crippen LogP contribution in [0.1, 0.15) is 43.5 Å². The number of halogens is 1. The lowest BCUT2D eigenvalue weighted by molar-refractivity contribution is 0.0602. The van der Waals surface area contributed by atoms with E-state index in [0.717, 1.165) is 19.3 Å². The molecule has 2 rings (SSSR count). The Balaban J connectivity index is 2.47. The van der Waals surface area contributed by atoms with Crippen LogP contribution in [0.15, 0.2) is 12.1 Å². The molecule has 2 atom stereocenters. The average Bonchev–Trinajstić information content (AvgIpc) is 2.40. The van der Waals surface area contributed by atoms with Crippen molar-refractivity contribution in [2.24, 2.45) is 0 Å². The Hall–Kier alpha value is -1.78. The molecule has 1 aliphatic rings. The van der Waals surface area contributed by atoms with Gasteiger partial charge in [0, 0.05) is 17.8 Å².